The number of carbonyl (C=O) groups is 1. The van der Waals surface area contributed by atoms with E-state index in [4.69, 9.17) is 9.72 Å². The van der Waals surface area contributed by atoms with Gasteiger partial charge in [-0.05, 0) is 39.0 Å². The van der Waals surface area contributed by atoms with Crippen LogP contribution in [-0.4, -0.2) is 58.4 Å². The molecule has 0 amide bonds. The maximum absolute atomic E-state index is 12.3. The number of Topliss-reactive ketones (excluding diaryl/α,β-unsaturated/α-hetero) is 1. The van der Waals surface area contributed by atoms with Gasteiger partial charge in [0.25, 0.3) is 0 Å². The fraction of sp³-hybridized carbons (Fsp3) is 0.200. The van der Waals surface area contributed by atoms with Gasteiger partial charge in [-0.2, -0.15) is 15.5 Å². The van der Waals surface area contributed by atoms with Crippen LogP contribution in [0.3, 0.4) is 0 Å². The Kier molecular flexibility index (Phi) is 5.11. The van der Waals surface area contributed by atoms with Gasteiger partial charge in [-0.15, -0.1) is 5.10 Å². The number of ether oxygens (including phenoxy) is 1. The normalized spacial score (nSPS) is 12.8. The highest BCUT2D eigenvalue weighted by molar-refractivity contribution is 5.97. The predicted molar refractivity (Wildman–Crippen MR) is 133 cm³/mol. The molecule has 0 N–H and O–H groups in total. The van der Waals surface area contributed by atoms with Crippen LogP contribution in [0.5, 0.6) is 5.75 Å². The number of aromatic nitrogens is 8. The molecular formula is C25H20N10O2. The van der Waals surface area contributed by atoms with Crippen molar-refractivity contribution in [3.63, 3.8) is 0 Å². The lowest BCUT2D eigenvalue weighted by molar-refractivity contribution is 0.101. The predicted octanol–water partition coefficient (Wildman–Crippen LogP) is 3.01. The fourth-order valence-electron chi connectivity index (χ4n) is 4.31. The lowest BCUT2D eigenvalue weighted by Gasteiger charge is -2.28. The minimum atomic E-state index is -0.159. The molecule has 5 aromatic heterocycles. The zero-order valence-electron chi connectivity index (χ0n) is 20.2. The van der Waals surface area contributed by atoms with Crippen molar-refractivity contribution >= 4 is 28.5 Å². The first-order chi connectivity index (χ1) is 17.9. The second-order valence-electron chi connectivity index (χ2n) is 8.61. The summed E-state index contributed by atoms with van der Waals surface area (Å²) in [7, 11) is 0. The number of aryl methyl sites for hydroxylation is 2. The van der Waals surface area contributed by atoms with Crippen LogP contribution in [0.15, 0.2) is 42.9 Å². The number of carbonyl (C=O) groups excluding carboxylic acids is 1. The van der Waals surface area contributed by atoms with Crippen molar-refractivity contribution in [3.05, 3.63) is 65.5 Å². The van der Waals surface area contributed by atoms with Gasteiger partial charge in [-0.25, -0.2) is 19.6 Å². The SMILES string of the molecule is CC(=O)c1ccc(-n2cnc3cc(N4CCOc5cc(C)nnc54)ncc32)nc1-n1nc(C#N)cc1C. The lowest BCUT2D eigenvalue weighted by atomic mass is 10.2. The van der Waals surface area contributed by atoms with Crippen molar-refractivity contribution in [2.24, 2.45) is 0 Å². The highest BCUT2D eigenvalue weighted by Crippen LogP contribution is 2.34. The first-order valence-electron chi connectivity index (χ1n) is 11.5. The number of pyridine rings is 2. The number of nitrogens with zero attached hydrogens (tertiary/aromatic N) is 10. The molecule has 6 heterocycles. The Labute approximate surface area is 210 Å². The minimum Gasteiger partial charge on any atom is -0.488 e. The van der Waals surface area contributed by atoms with Gasteiger partial charge in [0.15, 0.2) is 28.9 Å². The van der Waals surface area contributed by atoms with Gasteiger partial charge in [-0.3, -0.25) is 9.36 Å². The molecule has 0 spiro atoms. The number of fused-ring (bicyclic) bond motifs is 2. The summed E-state index contributed by atoms with van der Waals surface area (Å²) in [6, 6.07) is 10.9. The Morgan fingerprint density at radius 1 is 1.08 bits per heavy atom. The third-order valence-electron chi connectivity index (χ3n) is 6.08. The number of ketones is 1. The van der Waals surface area contributed by atoms with E-state index in [0.29, 0.717) is 58.9 Å². The molecular weight excluding hydrogens is 472 g/mol. The molecule has 0 unspecified atom stereocenters. The molecule has 0 bridgehead atoms. The molecule has 0 saturated heterocycles. The van der Waals surface area contributed by atoms with Gasteiger partial charge in [0.1, 0.15) is 30.6 Å². The number of hydrogen-bond acceptors (Lipinski definition) is 10. The second kappa shape index (κ2) is 8.49. The average Bonchev–Trinajstić information content (AvgIpc) is 3.50. The Morgan fingerprint density at radius 2 is 1.95 bits per heavy atom. The molecule has 0 atom stereocenters. The van der Waals surface area contributed by atoms with E-state index in [-0.39, 0.29) is 11.5 Å². The molecule has 182 valence electrons. The number of rotatable bonds is 4. The molecule has 5 aromatic rings. The summed E-state index contributed by atoms with van der Waals surface area (Å²) in [5.74, 6) is 2.67. The van der Waals surface area contributed by atoms with Crippen molar-refractivity contribution in [3.8, 4) is 23.5 Å². The van der Waals surface area contributed by atoms with E-state index in [1.807, 2.05) is 30.0 Å². The molecule has 37 heavy (non-hydrogen) atoms. The first kappa shape index (κ1) is 22.3. The Hall–Kier alpha value is -5.18. The summed E-state index contributed by atoms with van der Waals surface area (Å²) in [6.45, 7) is 6.22. The standard InChI is InChI=1S/C25H20N10O2/c1-14-8-21-25(31-30-14)33(6-7-37-21)23-10-19-20(12-27-23)34(13-28-19)22-5-4-18(16(3)36)24(29-22)35-15(2)9-17(11-26)32-35/h4-5,8-10,12-13H,6-7H2,1-3H3. The molecule has 1 aliphatic rings. The van der Waals surface area contributed by atoms with Gasteiger partial charge >= 0.3 is 0 Å². The molecule has 1 aliphatic heterocycles. The highest BCUT2D eigenvalue weighted by Gasteiger charge is 2.24. The summed E-state index contributed by atoms with van der Waals surface area (Å²) in [4.78, 5) is 28.3. The van der Waals surface area contributed by atoms with Crippen LogP contribution in [0.4, 0.5) is 11.6 Å². The van der Waals surface area contributed by atoms with Crippen LogP contribution in [0.25, 0.3) is 22.7 Å². The molecule has 0 radical (unpaired) electrons. The largest absolute Gasteiger partial charge is 0.488 e. The lowest BCUT2D eigenvalue weighted by Crippen LogP contribution is -2.30. The van der Waals surface area contributed by atoms with Gasteiger partial charge in [0.2, 0.25) is 0 Å². The number of imidazole rings is 1. The van der Waals surface area contributed by atoms with E-state index in [1.165, 1.54) is 11.6 Å². The summed E-state index contributed by atoms with van der Waals surface area (Å²) in [5.41, 5.74) is 3.55. The molecule has 12 nitrogen and oxygen atoms in total. The van der Waals surface area contributed by atoms with E-state index in [0.717, 1.165) is 11.2 Å². The van der Waals surface area contributed by atoms with Crippen LogP contribution in [0, 0.1) is 25.2 Å². The molecule has 0 saturated carbocycles. The zero-order valence-corrected chi connectivity index (χ0v) is 20.2. The number of nitriles is 1. The Bertz CT molecular complexity index is 1750. The van der Waals surface area contributed by atoms with E-state index in [2.05, 4.69) is 25.3 Å². The smallest absolute Gasteiger partial charge is 0.199 e. The topological polar surface area (TPSA) is 141 Å². The number of hydrogen-bond donors (Lipinski definition) is 0. The quantitative estimate of drug-likeness (QED) is 0.344. The second-order valence-corrected chi connectivity index (χ2v) is 8.61. The fourth-order valence-corrected chi connectivity index (χ4v) is 4.31. The van der Waals surface area contributed by atoms with Crippen LogP contribution < -0.4 is 9.64 Å². The van der Waals surface area contributed by atoms with E-state index in [9.17, 15) is 10.1 Å². The zero-order chi connectivity index (χ0) is 25.7. The Morgan fingerprint density at radius 3 is 2.73 bits per heavy atom. The first-order valence-corrected chi connectivity index (χ1v) is 11.5. The molecule has 0 aliphatic carbocycles. The van der Waals surface area contributed by atoms with Crippen molar-refractivity contribution in [2.75, 3.05) is 18.1 Å². The van der Waals surface area contributed by atoms with Crippen LogP contribution >= 0.6 is 0 Å². The maximum atomic E-state index is 12.3. The monoisotopic (exact) mass is 492 g/mol. The van der Waals surface area contributed by atoms with Gasteiger partial charge in [0.05, 0.1) is 35.0 Å². The van der Waals surface area contributed by atoms with Gasteiger partial charge in [-0.1, -0.05) is 0 Å². The van der Waals surface area contributed by atoms with Crippen molar-refractivity contribution in [1.82, 2.24) is 39.5 Å². The number of anilines is 2. The molecule has 0 aromatic carbocycles. The van der Waals surface area contributed by atoms with E-state index >= 15 is 0 Å². The van der Waals surface area contributed by atoms with Crippen LogP contribution in [-0.2, 0) is 0 Å². The summed E-state index contributed by atoms with van der Waals surface area (Å²) >= 11 is 0. The summed E-state index contributed by atoms with van der Waals surface area (Å²) in [5, 5.41) is 22.0. The minimum absolute atomic E-state index is 0.159. The van der Waals surface area contributed by atoms with Crippen LogP contribution in [0.1, 0.15) is 34.4 Å². The average molecular weight is 493 g/mol. The van der Waals surface area contributed by atoms with Crippen LogP contribution in [0.2, 0.25) is 0 Å². The maximum Gasteiger partial charge on any atom is 0.199 e. The third-order valence-corrected chi connectivity index (χ3v) is 6.08. The van der Waals surface area contributed by atoms with Gasteiger partial charge < -0.3 is 9.64 Å². The van der Waals surface area contributed by atoms with Crippen molar-refractivity contribution in [2.45, 2.75) is 20.8 Å². The molecule has 0 fully saturated rings. The van der Waals surface area contributed by atoms with Crippen molar-refractivity contribution in [1.29, 1.82) is 5.26 Å². The Balaban J connectivity index is 1.42. The summed E-state index contributed by atoms with van der Waals surface area (Å²) < 4.78 is 9.05. The third kappa shape index (κ3) is 3.73. The van der Waals surface area contributed by atoms with Gasteiger partial charge in [0, 0.05) is 17.8 Å². The van der Waals surface area contributed by atoms with E-state index < -0.39 is 0 Å². The highest BCUT2D eigenvalue weighted by atomic mass is 16.5. The molecule has 12 heteroatoms. The van der Waals surface area contributed by atoms with E-state index in [1.54, 1.807) is 42.2 Å². The van der Waals surface area contributed by atoms with Crippen molar-refractivity contribution < 1.29 is 9.53 Å². The molecule has 6 rings (SSSR count). The summed E-state index contributed by atoms with van der Waals surface area (Å²) in [6.07, 6.45) is 3.38.